The van der Waals surface area contributed by atoms with Gasteiger partial charge in [-0.15, -0.1) is 0 Å². The number of hydrogen-bond acceptors (Lipinski definition) is 4. The Morgan fingerprint density at radius 1 is 1.14 bits per heavy atom. The van der Waals surface area contributed by atoms with E-state index >= 15 is 0 Å². The van der Waals surface area contributed by atoms with Crippen molar-refractivity contribution in [2.75, 3.05) is 19.6 Å². The van der Waals surface area contributed by atoms with E-state index in [1.54, 1.807) is 4.90 Å². The monoisotopic (exact) mass is 442 g/mol. The molecule has 2 fully saturated rings. The number of likely N-dealkylation sites (tertiary alicyclic amines) is 2. The summed E-state index contributed by atoms with van der Waals surface area (Å²) in [6.45, 7) is 7.44. The average Bonchev–Trinajstić information content (AvgIpc) is 2.97. The molecule has 0 spiro atoms. The maximum atomic E-state index is 13.0. The first-order valence-electron chi connectivity index (χ1n) is 10.0. The highest BCUT2D eigenvalue weighted by Gasteiger charge is 2.38. The van der Waals surface area contributed by atoms with E-state index in [0.717, 1.165) is 19.3 Å². The van der Waals surface area contributed by atoms with Gasteiger partial charge in [-0.2, -0.15) is 0 Å². The Morgan fingerprint density at radius 2 is 1.72 bits per heavy atom. The van der Waals surface area contributed by atoms with Crippen LogP contribution in [0.25, 0.3) is 0 Å². The van der Waals surface area contributed by atoms with Crippen molar-refractivity contribution in [1.29, 1.82) is 0 Å². The summed E-state index contributed by atoms with van der Waals surface area (Å²) in [5.74, 6) is -0.0424. The molecule has 2 aliphatic rings. The topological polar surface area (TPSA) is 70.1 Å². The summed E-state index contributed by atoms with van der Waals surface area (Å²) in [6, 6.07) is 3.04. The van der Waals surface area contributed by atoms with E-state index in [-0.39, 0.29) is 29.7 Å². The van der Waals surface area contributed by atoms with Crippen molar-refractivity contribution < 1.29 is 19.4 Å². The Bertz CT molecular complexity index is 762. The van der Waals surface area contributed by atoms with Crippen molar-refractivity contribution in [2.24, 2.45) is 5.92 Å². The number of carbonyl (C=O) groups excluding carboxylic acids is 2. The van der Waals surface area contributed by atoms with E-state index in [0.29, 0.717) is 41.7 Å². The summed E-state index contributed by atoms with van der Waals surface area (Å²) < 4.78 is 5.44. The van der Waals surface area contributed by atoms with Crippen LogP contribution in [0.3, 0.4) is 0 Å². The second-order valence-electron chi connectivity index (χ2n) is 8.81. The van der Waals surface area contributed by atoms with E-state index in [1.807, 2.05) is 25.7 Å². The number of hydrogen-bond donors (Lipinski definition) is 1. The number of nitrogens with zero attached hydrogens (tertiary/aromatic N) is 2. The lowest BCUT2D eigenvalue weighted by Gasteiger charge is -2.37. The average molecular weight is 443 g/mol. The number of phenolic OH excluding ortho intramolecular Hbond substituents is 1. The van der Waals surface area contributed by atoms with Gasteiger partial charge < -0.3 is 19.6 Å². The van der Waals surface area contributed by atoms with E-state index in [4.69, 9.17) is 27.9 Å². The molecule has 1 aromatic rings. The molecule has 2 saturated heterocycles. The number of aromatic hydroxyl groups is 1. The Kier molecular flexibility index (Phi) is 6.54. The molecule has 0 aromatic heterocycles. The van der Waals surface area contributed by atoms with E-state index in [9.17, 15) is 14.7 Å². The normalized spacial score (nSPS) is 21.0. The Morgan fingerprint density at radius 3 is 2.28 bits per heavy atom. The third kappa shape index (κ3) is 5.28. The Hall–Kier alpha value is -1.66. The molecule has 6 nitrogen and oxygen atoms in total. The fourth-order valence-electron chi connectivity index (χ4n) is 4.03. The van der Waals surface area contributed by atoms with Crippen LogP contribution in [0.15, 0.2) is 12.1 Å². The van der Waals surface area contributed by atoms with Crippen molar-refractivity contribution in [3.63, 3.8) is 0 Å². The minimum absolute atomic E-state index is 0.0138. The Labute approximate surface area is 181 Å². The highest BCUT2D eigenvalue weighted by atomic mass is 35.5. The highest BCUT2D eigenvalue weighted by molar-refractivity contribution is 6.36. The van der Waals surface area contributed by atoms with Crippen LogP contribution in [0.5, 0.6) is 5.75 Å². The maximum Gasteiger partial charge on any atom is 0.410 e. The molecule has 160 valence electrons. The fourth-order valence-corrected chi connectivity index (χ4v) is 4.66. The van der Waals surface area contributed by atoms with Gasteiger partial charge in [-0.05, 0) is 64.2 Å². The molecule has 2 aliphatic heterocycles. The lowest BCUT2D eigenvalue weighted by Crippen LogP contribution is -2.48. The number of phenols is 1. The predicted molar refractivity (Wildman–Crippen MR) is 112 cm³/mol. The molecular weight excluding hydrogens is 415 g/mol. The van der Waals surface area contributed by atoms with Gasteiger partial charge in [0.15, 0.2) is 0 Å². The van der Waals surface area contributed by atoms with Crippen LogP contribution in [0, 0.1) is 5.92 Å². The van der Waals surface area contributed by atoms with Crippen molar-refractivity contribution >= 4 is 35.2 Å². The van der Waals surface area contributed by atoms with Gasteiger partial charge in [0.1, 0.15) is 11.4 Å². The van der Waals surface area contributed by atoms with Gasteiger partial charge in [0.05, 0.1) is 0 Å². The molecular formula is C21H28Cl2N2O4. The lowest BCUT2D eigenvalue weighted by atomic mass is 9.97. The van der Waals surface area contributed by atoms with Gasteiger partial charge >= 0.3 is 6.09 Å². The first-order valence-corrected chi connectivity index (χ1v) is 10.8. The molecule has 1 aromatic carbocycles. The standard InChI is InChI=1S/C21H28Cl2N2O4/c1-21(2,3)29-20(28)24-7-5-14(6-8-24)25-9-4-13(19(25)27)10-16-17(22)11-15(26)12-18(16)23/h11-14,26H,4-10H2,1-3H3. The fraction of sp³-hybridized carbons (Fsp3) is 0.619. The Balaban J connectivity index is 1.57. The second-order valence-corrected chi connectivity index (χ2v) is 9.62. The predicted octanol–water partition coefficient (Wildman–Crippen LogP) is 4.49. The summed E-state index contributed by atoms with van der Waals surface area (Å²) in [4.78, 5) is 28.9. The highest BCUT2D eigenvalue weighted by Crippen LogP contribution is 2.35. The first kappa shape index (κ1) is 22.0. The number of rotatable bonds is 3. The molecule has 0 aliphatic carbocycles. The number of halogens is 2. The van der Waals surface area contributed by atoms with Crippen molar-refractivity contribution in [3.8, 4) is 5.75 Å². The minimum atomic E-state index is -0.511. The zero-order valence-corrected chi connectivity index (χ0v) is 18.6. The molecule has 2 amide bonds. The van der Waals surface area contributed by atoms with Crippen LogP contribution in [0.2, 0.25) is 10.0 Å². The molecule has 0 bridgehead atoms. The van der Waals surface area contributed by atoms with Gasteiger partial charge in [-0.25, -0.2) is 4.79 Å². The molecule has 0 saturated carbocycles. The summed E-state index contributed by atoms with van der Waals surface area (Å²) in [6.07, 6.45) is 2.41. The number of carbonyl (C=O) groups is 2. The number of benzene rings is 1. The smallest absolute Gasteiger partial charge is 0.410 e. The van der Waals surface area contributed by atoms with Crippen molar-refractivity contribution in [2.45, 2.75) is 58.1 Å². The molecule has 1 N–H and O–H groups in total. The van der Waals surface area contributed by atoms with E-state index in [1.165, 1.54) is 12.1 Å². The summed E-state index contributed by atoms with van der Waals surface area (Å²) in [7, 11) is 0. The molecule has 8 heteroatoms. The van der Waals surface area contributed by atoms with E-state index in [2.05, 4.69) is 0 Å². The number of ether oxygens (including phenoxy) is 1. The van der Waals surface area contributed by atoms with Gasteiger partial charge in [-0.1, -0.05) is 23.2 Å². The zero-order valence-electron chi connectivity index (χ0n) is 17.1. The van der Waals surface area contributed by atoms with Crippen LogP contribution >= 0.6 is 23.2 Å². The van der Waals surface area contributed by atoms with Gasteiger partial charge in [0.25, 0.3) is 0 Å². The van der Waals surface area contributed by atoms with Crippen LogP contribution in [-0.2, 0) is 16.0 Å². The summed E-state index contributed by atoms with van der Waals surface area (Å²) in [5, 5.41) is 10.3. The molecule has 29 heavy (non-hydrogen) atoms. The maximum absolute atomic E-state index is 13.0. The van der Waals surface area contributed by atoms with E-state index < -0.39 is 5.60 Å². The number of piperidine rings is 1. The van der Waals surface area contributed by atoms with Gasteiger partial charge in [0, 0.05) is 41.6 Å². The quantitative estimate of drug-likeness (QED) is 0.748. The van der Waals surface area contributed by atoms with Crippen molar-refractivity contribution in [3.05, 3.63) is 27.7 Å². The minimum Gasteiger partial charge on any atom is -0.508 e. The zero-order chi connectivity index (χ0) is 21.3. The molecule has 0 radical (unpaired) electrons. The van der Waals surface area contributed by atoms with Crippen LogP contribution in [0.1, 0.15) is 45.6 Å². The summed E-state index contributed by atoms with van der Waals surface area (Å²) in [5.41, 5.74) is 0.189. The van der Waals surface area contributed by atoms with Crippen LogP contribution in [0.4, 0.5) is 4.79 Å². The third-order valence-corrected chi connectivity index (χ3v) is 6.16. The van der Waals surface area contributed by atoms with Crippen LogP contribution < -0.4 is 0 Å². The molecule has 1 atom stereocenters. The van der Waals surface area contributed by atoms with Gasteiger partial charge in [-0.3, -0.25) is 4.79 Å². The third-order valence-electron chi connectivity index (χ3n) is 5.48. The number of amides is 2. The SMILES string of the molecule is CC(C)(C)OC(=O)N1CCC(N2CCC(Cc3c(Cl)cc(O)cc3Cl)C2=O)CC1. The van der Waals surface area contributed by atoms with Crippen LogP contribution in [-0.4, -0.2) is 58.2 Å². The van der Waals surface area contributed by atoms with Gasteiger partial charge in [0.2, 0.25) is 5.91 Å². The molecule has 3 rings (SSSR count). The largest absolute Gasteiger partial charge is 0.508 e. The molecule has 2 heterocycles. The van der Waals surface area contributed by atoms with Crippen molar-refractivity contribution in [1.82, 2.24) is 9.80 Å². The molecule has 1 unspecified atom stereocenters. The summed E-state index contributed by atoms with van der Waals surface area (Å²) >= 11 is 12.4. The lowest BCUT2D eigenvalue weighted by molar-refractivity contribution is -0.133. The first-order chi connectivity index (χ1) is 13.5. The second kappa shape index (κ2) is 8.60.